The van der Waals surface area contributed by atoms with Crippen molar-refractivity contribution >= 4 is 23.2 Å². The normalized spacial score (nSPS) is 22.3. The molecule has 0 radical (unpaired) electrons. The predicted molar refractivity (Wildman–Crippen MR) is 104 cm³/mol. The molecule has 148 valence electrons. The first-order chi connectivity index (χ1) is 13.6. The number of hydrogen-bond donors (Lipinski definition) is 1. The van der Waals surface area contributed by atoms with Crippen LogP contribution in [0.4, 0.5) is 11.6 Å². The minimum atomic E-state index is 0.140. The fraction of sp³-hybridized carbons (Fsp3) is 0.579. The molecule has 2 aliphatic rings. The summed E-state index contributed by atoms with van der Waals surface area (Å²) in [5, 5.41) is 17.1. The van der Waals surface area contributed by atoms with Crippen LogP contribution in [-0.4, -0.2) is 39.6 Å². The number of ether oxygens (including phenoxy) is 2. The van der Waals surface area contributed by atoms with E-state index < -0.39 is 0 Å². The Kier molecular flexibility index (Phi) is 5.64. The monoisotopic (exact) mass is 402 g/mol. The summed E-state index contributed by atoms with van der Waals surface area (Å²) >= 11 is 6.20. The molecule has 28 heavy (non-hydrogen) atoms. The van der Waals surface area contributed by atoms with E-state index in [0.717, 1.165) is 50.3 Å². The summed E-state index contributed by atoms with van der Waals surface area (Å²) in [6, 6.07) is 2.58. The number of halogens is 1. The van der Waals surface area contributed by atoms with Gasteiger partial charge in [0.25, 0.3) is 0 Å². The first-order valence-electron chi connectivity index (χ1n) is 9.58. The molecule has 0 atom stereocenters. The van der Waals surface area contributed by atoms with E-state index in [1.807, 2.05) is 17.8 Å². The minimum absolute atomic E-state index is 0.140. The Labute approximate surface area is 168 Å². The topological polar surface area (TPSA) is 97.9 Å². The highest BCUT2D eigenvalue weighted by Crippen LogP contribution is 2.37. The molecule has 1 N–H and O–H groups in total. The first kappa shape index (κ1) is 19.0. The van der Waals surface area contributed by atoms with Crippen LogP contribution < -0.4 is 10.1 Å². The Morgan fingerprint density at radius 1 is 1.39 bits per heavy atom. The number of nitrogens with zero attached hydrogens (tertiary/aromatic N) is 5. The number of nitrogens with one attached hydrogen (secondary N) is 1. The van der Waals surface area contributed by atoms with Crippen molar-refractivity contribution in [3.05, 3.63) is 23.1 Å². The zero-order chi connectivity index (χ0) is 19.5. The first-order valence-corrected chi connectivity index (χ1v) is 9.95. The number of aryl methyl sites for hydroxylation is 1. The molecule has 0 unspecified atom stereocenters. The van der Waals surface area contributed by atoms with E-state index in [2.05, 4.69) is 26.5 Å². The summed E-state index contributed by atoms with van der Waals surface area (Å²) < 4.78 is 13.1. The Hall–Kier alpha value is -2.37. The molecule has 0 spiro atoms. The van der Waals surface area contributed by atoms with Gasteiger partial charge in [-0.3, -0.25) is 4.68 Å². The number of anilines is 2. The summed E-state index contributed by atoms with van der Waals surface area (Å²) in [4.78, 5) is 8.67. The van der Waals surface area contributed by atoms with Crippen molar-refractivity contribution in [2.45, 2.75) is 38.6 Å². The van der Waals surface area contributed by atoms with Gasteiger partial charge in [-0.25, -0.2) is 4.98 Å². The summed E-state index contributed by atoms with van der Waals surface area (Å²) in [6.45, 7) is 4.05. The molecular weight excluding hydrogens is 380 g/mol. The van der Waals surface area contributed by atoms with Crippen molar-refractivity contribution in [2.24, 2.45) is 11.8 Å². The van der Waals surface area contributed by atoms with Crippen LogP contribution in [0.3, 0.4) is 0 Å². The summed E-state index contributed by atoms with van der Waals surface area (Å²) in [6.07, 6.45) is 7.14. The lowest BCUT2D eigenvalue weighted by atomic mass is 9.81. The largest absolute Gasteiger partial charge is 0.476 e. The number of aromatic nitrogens is 4. The van der Waals surface area contributed by atoms with Crippen molar-refractivity contribution in [3.63, 3.8) is 0 Å². The molecule has 9 heteroatoms. The SMILES string of the molecule is Cc1nn(C2CC(C#N)C2)cc1Nc1ncc(Cl)c(OCC2CCOCC2)n1. The lowest BCUT2D eigenvalue weighted by molar-refractivity contribution is 0.0490. The summed E-state index contributed by atoms with van der Waals surface area (Å²) in [7, 11) is 0. The maximum Gasteiger partial charge on any atom is 0.237 e. The Bertz CT molecular complexity index is 868. The van der Waals surface area contributed by atoms with E-state index >= 15 is 0 Å². The minimum Gasteiger partial charge on any atom is -0.476 e. The van der Waals surface area contributed by atoms with Crippen LogP contribution in [0.2, 0.25) is 5.02 Å². The molecule has 8 nitrogen and oxygen atoms in total. The van der Waals surface area contributed by atoms with Crippen molar-refractivity contribution in [1.29, 1.82) is 5.26 Å². The van der Waals surface area contributed by atoms with Gasteiger partial charge in [-0.2, -0.15) is 15.3 Å². The van der Waals surface area contributed by atoms with Crippen LogP contribution >= 0.6 is 11.6 Å². The Morgan fingerprint density at radius 3 is 2.93 bits per heavy atom. The summed E-state index contributed by atoms with van der Waals surface area (Å²) in [5.74, 6) is 1.39. The van der Waals surface area contributed by atoms with Gasteiger partial charge in [0.05, 0.1) is 42.2 Å². The zero-order valence-electron chi connectivity index (χ0n) is 15.8. The third-order valence-electron chi connectivity index (χ3n) is 5.34. The predicted octanol–water partition coefficient (Wildman–Crippen LogP) is 3.66. The fourth-order valence-electron chi connectivity index (χ4n) is 3.44. The Balaban J connectivity index is 1.41. The lowest BCUT2D eigenvalue weighted by Gasteiger charge is -2.30. The highest BCUT2D eigenvalue weighted by molar-refractivity contribution is 6.31. The van der Waals surface area contributed by atoms with E-state index in [0.29, 0.717) is 29.4 Å². The van der Waals surface area contributed by atoms with Crippen molar-refractivity contribution in [3.8, 4) is 11.9 Å². The maximum atomic E-state index is 8.94. The number of rotatable bonds is 6. The maximum absolute atomic E-state index is 8.94. The van der Waals surface area contributed by atoms with Gasteiger partial charge in [-0.05, 0) is 38.5 Å². The van der Waals surface area contributed by atoms with Crippen molar-refractivity contribution < 1.29 is 9.47 Å². The standard InChI is InChI=1S/C19H23ClN6O2/c1-12-17(10-26(25-12)15-6-14(7-15)8-21)23-19-22-9-16(20)18(24-19)28-11-13-2-4-27-5-3-13/h9-10,13-15H,2-7,11H2,1H3,(H,22,23,24). The van der Waals surface area contributed by atoms with Crippen LogP contribution in [0.1, 0.15) is 37.4 Å². The van der Waals surface area contributed by atoms with E-state index in [4.69, 9.17) is 26.3 Å². The van der Waals surface area contributed by atoms with Crippen LogP contribution in [0.5, 0.6) is 5.88 Å². The molecule has 3 heterocycles. The highest BCUT2D eigenvalue weighted by atomic mass is 35.5. The molecule has 1 aliphatic heterocycles. The average Bonchev–Trinajstić information content (AvgIpc) is 3.02. The van der Waals surface area contributed by atoms with E-state index in [9.17, 15) is 0 Å². The van der Waals surface area contributed by atoms with Crippen LogP contribution in [0.25, 0.3) is 0 Å². The van der Waals surface area contributed by atoms with Crippen LogP contribution in [0, 0.1) is 30.1 Å². The van der Waals surface area contributed by atoms with Gasteiger partial charge in [0.15, 0.2) is 0 Å². The fourth-order valence-corrected chi connectivity index (χ4v) is 3.59. The third-order valence-corrected chi connectivity index (χ3v) is 5.60. The molecule has 1 aliphatic carbocycles. The molecular formula is C19H23ClN6O2. The van der Waals surface area contributed by atoms with Crippen LogP contribution in [-0.2, 0) is 4.74 Å². The smallest absolute Gasteiger partial charge is 0.237 e. The molecule has 4 rings (SSSR count). The molecule has 0 bridgehead atoms. The highest BCUT2D eigenvalue weighted by Gasteiger charge is 2.31. The molecule has 0 amide bonds. The van der Waals surface area contributed by atoms with E-state index in [1.165, 1.54) is 0 Å². The van der Waals surface area contributed by atoms with E-state index in [-0.39, 0.29) is 12.0 Å². The molecule has 2 fully saturated rings. The molecule has 1 saturated carbocycles. The van der Waals surface area contributed by atoms with Crippen molar-refractivity contribution in [2.75, 3.05) is 25.1 Å². The molecule has 1 saturated heterocycles. The third kappa shape index (κ3) is 4.21. The molecule has 2 aromatic heterocycles. The van der Waals surface area contributed by atoms with Gasteiger partial charge in [0, 0.05) is 19.4 Å². The second-order valence-electron chi connectivity index (χ2n) is 7.40. The molecule has 2 aromatic rings. The quantitative estimate of drug-likeness (QED) is 0.787. The lowest BCUT2D eigenvalue weighted by Crippen LogP contribution is -2.26. The van der Waals surface area contributed by atoms with Gasteiger partial charge in [-0.15, -0.1) is 0 Å². The number of nitriles is 1. The van der Waals surface area contributed by atoms with Gasteiger partial charge < -0.3 is 14.8 Å². The van der Waals surface area contributed by atoms with Gasteiger partial charge in [0.1, 0.15) is 5.02 Å². The van der Waals surface area contributed by atoms with Gasteiger partial charge in [-0.1, -0.05) is 11.6 Å². The average molecular weight is 403 g/mol. The van der Waals surface area contributed by atoms with Crippen molar-refractivity contribution in [1.82, 2.24) is 19.7 Å². The summed E-state index contributed by atoms with van der Waals surface area (Å²) in [5.41, 5.74) is 1.68. The Morgan fingerprint density at radius 2 is 2.18 bits per heavy atom. The molecule has 0 aromatic carbocycles. The second kappa shape index (κ2) is 8.33. The number of hydrogen-bond acceptors (Lipinski definition) is 7. The van der Waals surface area contributed by atoms with Gasteiger partial charge >= 0.3 is 0 Å². The van der Waals surface area contributed by atoms with E-state index in [1.54, 1.807) is 6.20 Å². The van der Waals surface area contributed by atoms with Crippen LogP contribution in [0.15, 0.2) is 12.4 Å². The van der Waals surface area contributed by atoms with Gasteiger partial charge in [0.2, 0.25) is 11.8 Å². The zero-order valence-corrected chi connectivity index (χ0v) is 16.5. The second-order valence-corrected chi connectivity index (χ2v) is 7.81.